The Morgan fingerprint density at radius 3 is 2.67 bits per heavy atom. The number of nitrogen functional groups attached to an aromatic ring is 1. The maximum atomic E-state index is 5.81. The van der Waals surface area contributed by atoms with E-state index in [1.807, 2.05) is 26.0 Å². The first-order valence-corrected chi connectivity index (χ1v) is 6.78. The van der Waals surface area contributed by atoms with Crippen molar-refractivity contribution in [3.63, 3.8) is 0 Å². The normalized spacial score (nSPS) is 10.6. The van der Waals surface area contributed by atoms with Gasteiger partial charge >= 0.3 is 0 Å². The van der Waals surface area contributed by atoms with Crippen molar-refractivity contribution >= 4 is 22.4 Å². The van der Waals surface area contributed by atoms with Gasteiger partial charge in [0.2, 0.25) is 0 Å². The molecule has 0 bridgehead atoms. The van der Waals surface area contributed by atoms with Crippen LogP contribution in [0.25, 0.3) is 0 Å². The zero-order valence-electron chi connectivity index (χ0n) is 11.0. The molecule has 96 valence electrons. The molecule has 0 unspecified atom stereocenters. The molecule has 2 rings (SSSR count). The second-order valence-corrected chi connectivity index (χ2v) is 5.03. The summed E-state index contributed by atoms with van der Waals surface area (Å²) in [5.41, 5.74) is 8.99. The highest BCUT2D eigenvalue weighted by Crippen LogP contribution is 2.30. The van der Waals surface area contributed by atoms with E-state index in [0.29, 0.717) is 5.82 Å². The summed E-state index contributed by atoms with van der Waals surface area (Å²) < 4.78 is 4.20. The Balaban J connectivity index is 2.22. The maximum Gasteiger partial charge on any atom is 0.142 e. The van der Waals surface area contributed by atoms with Crippen LogP contribution in [0.2, 0.25) is 0 Å². The van der Waals surface area contributed by atoms with Crippen molar-refractivity contribution in [2.75, 3.05) is 17.2 Å². The molecular formula is C13H18N4S. The standard InChI is InChI=1S/C13H18N4S/c1-4-17(13-10(3)12(14)16-18-13)8-11-7-5-6-9(2)15-11/h5-7H,4,8H2,1-3H3,(H2,14,16). The Bertz CT molecular complexity index is 536. The Morgan fingerprint density at radius 2 is 2.11 bits per heavy atom. The summed E-state index contributed by atoms with van der Waals surface area (Å²) in [6.45, 7) is 7.86. The molecule has 2 aromatic rings. The van der Waals surface area contributed by atoms with E-state index >= 15 is 0 Å². The molecule has 18 heavy (non-hydrogen) atoms. The molecule has 0 fully saturated rings. The van der Waals surface area contributed by atoms with Crippen LogP contribution >= 0.6 is 11.5 Å². The molecule has 0 aliphatic carbocycles. The number of nitrogens with two attached hydrogens (primary N) is 1. The highest BCUT2D eigenvalue weighted by atomic mass is 32.1. The van der Waals surface area contributed by atoms with Crippen molar-refractivity contribution in [2.45, 2.75) is 27.3 Å². The van der Waals surface area contributed by atoms with Crippen LogP contribution in [0.1, 0.15) is 23.9 Å². The third-order valence-corrected chi connectivity index (χ3v) is 3.93. The SMILES string of the molecule is CCN(Cc1cccc(C)n1)c1snc(N)c1C. The zero-order chi connectivity index (χ0) is 13.1. The quantitative estimate of drug-likeness (QED) is 0.920. The molecule has 0 aromatic carbocycles. The molecule has 0 aliphatic heterocycles. The number of nitrogens with zero attached hydrogens (tertiary/aromatic N) is 3. The highest BCUT2D eigenvalue weighted by molar-refractivity contribution is 7.10. The third kappa shape index (κ3) is 2.61. The van der Waals surface area contributed by atoms with Gasteiger partial charge in [0, 0.05) is 17.8 Å². The largest absolute Gasteiger partial charge is 0.383 e. The van der Waals surface area contributed by atoms with Gasteiger partial charge in [0.05, 0.1) is 12.2 Å². The molecule has 0 radical (unpaired) electrons. The minimum atomic E-state index is 0.630. The number of pyridine rings is 1. The number of hydrogen-bond donors (Lipinski definition) is 1. The fraction of sp³-hybridized carbons (Fsp3) is 0.385. The molecule has 2 aromatic heterocycles. The van der Waals surface area contributed by atoms with Gasteiger partial charge in [0.1, 0.15) is 10.8 Å². The summed E-state index contributed by atoms with van der Waals surface area (Å²) in [5.74, 6) is 0.630. The van der Waals surface area contributed by atoms with Crippen molar-refractivity contribution < 1.29 is 0 Å². The van der Waals surface area contributed by atoms with Gasteiger partial charge in [-0.25, -0.2) is 0 Å². The van der Waals surface area contributed by atoms with Crippen LogP contribution in [0.15, 0.2) is 18.2 Å². The van der Waals surface area contributed by atoms with Crippen LogP contribution in [0.3, 0.4) is 0 Å². The zero-order valence-corrected chi connectivity index (χ0v) is 11.8. The number of aromatic nitrogens is 2. The molecular weight excluding hydrogens is 244 g/mol. The Morgan fingerprint density at radius 1 is 1.33 bits per heavy atom. The molecule has 2 N–H and O–H groups in total. The van der Waals surface area contributed by atoms with Gasteiger partial charge < -0.3 is 10.6 Å². The van der Waals surface area contributed by atoms with Crippen LogP contribution in [0.5, 0.6) is 0 Å². The van der Waals surface area contributed by atoms with Crippen LogP contribution in [0, 0.1) is 13.8 Å². The lowest BCUT2D eigenvalue weighted by molar-refractivity contribution is 0.811. The lowest BCUT2D eigenvalue weighted by Gasteiger charge is -2.21. The maximum absolute atomic E-state index is 5.81. The number of anilines is 2. The van der Waals surface area contributed by atoms with Crippen molar-refractivity contribution in [3.8, 4) is 0 Å². The average Bonchev–Trinajstić information content (AvgIpc) is 2.67. The van der Waals surface area contributed by atoms with Crippen molar-refractivity contribution in [1.29, 1.82) is 0 Å². The topological polar surface area (TPSA) is 55.0 Å². The van der Waals surface area contributed by atoms with Gasteiger partial charge in [0.15, 0.2) is 0 Å². The van der Waals surface area contributed by atoms with Gasteiger partial charge in [-0.05, 0) is 44.4 Å². The molecule has 0 saturated carbocycles. The second kappa shape index (κ2) is 5.35. The van der Waals surface area contributed by atoms with E-state index in [1.54, 1.807) is 0 Å². The Hall–Kier alpha value is -1.62. The summed E-state index contributed by atoms with van der Waals surface area (Å²) in [5, 5.41) is 1.14. The fourth-order valence-electron chi connectivity index (χ4n) is 1.84. The van der Waals surface area contributed by atoms with Crippen LogP contribution < -0.4 is 10.6 Å². The molecule has 4 nitrogen and oxygen atoms in total. The van der Waals surface area contributed by atoms with Crippen molar-refractivity contribution in [1.82, 2.24) is 9.36 Å². The van der Waals surface area contributed by atoms with Gasteiger partial charge in [-0.1, -0.05) is 6.07 Å². The molecule has 0 amide bonds. The molecule has 0 spiro atoms. The Labute approximate surface area is 112 Å². The molecule has 0 saturated heterocycles. The summed E-state index contributed by atoms with van der Waals surface area (Å²) in [4.78, 5) is 6.79. The minimum Gasteiger partial charge on any atom is -0.383 e. The minimum absolute atomic E-state index is 0.630. The fourth-order valence-corrected chi connectivity index (χ4v) is 2.72. The first-order valence-electron chi connectivity index (χ1n) is 6.01. The lowest BCUT2D eigenvalue weighted by atomic mass is 10.2. The van der Waals surface area contributed by atoms with Crippen LogP contribution in [0.4, 0.5) is 10.8 Å². The molecule has 0 atom stereocenters. The van der Waals surface area contributed by atoms with Crippen molar-refractivity contribution in [3.05, 3.63) is 35.2 Å². The van der Waals surface area contributed by atoms with Crippen molar-refractivity contribution in [2.24, 2.45) is 0 Å². The number of hydrogen-bond acceptors (Lipinski definition) is 5. The second-order valence-electron chi connectivity index (χ2n) is 4.28. The van der Waals surface area contributed by atoms with E-state index in [-0.39, 0.29) is 0 Å². The molecule has 5 heteroatoms. The summed E-state index contributed by atoms with van der Waals surface area (Å²) in [7, 11) is 0. The number of rotatable bonds is 4. The van der Waals surface area contributed by atoms with E-state index in [9.17, 15) is 0 Å². The van der Waals surface area contributed by atoms with Gasteiger partial charge in [0.25, 0.3) is 0 Å². The third-order valence-electron chi connectivity index (χ3n) is 2.90. The van der Waals surface area contributed by atoms with Gasteiger partial charge in [-0.15, -0.1) is 0 Å². The summed E-state index contributed by atoms with van der Waals surface area (Å²) in [6, 6.07) is 6.10. The Kier molecular flexibility index (Phi) is 3.81. The lowest BCUT2D eigenvalue weighted by Crippen LogP contribution is -2.22. The van der Waals surface area contributed by atoms with E-state index in [2.05, 4.69) is 27.2 Å². The average molecular weight is 262 g/mol. The first kappa shape index (κ1) is 12.8. The van der Waals surface area contributed by atoms with Crippen LogP contribution in [-0.4, -0.2) is 15.9 Å². The van der Waals surface area contributed by atoms with Gasteiger partial charge in [-0.2, -0.15) is 4.37 Å². The van der Waals surface area contributed by atoms with E-state index < -0.39 is 0 Å². The first-order chi connectivity index (χ1) is 8.61. The molecule has 0 aliphatic rings. The van der Waals surface area contributed by atoms with E-state index in [4.69, 9.17) is 5.73 Å². The number of aryl methyl sites for hydroxylation is 1. The van der Waals surface area contributed by atoms with Gasteiger partial charge in [-0.3, -0.25) is 4.98 Å². The van der Waals surface area contributed by atoms with E-state index in [1.165, 1.54) is 11.5 Å². The van der Waals surface area contributed by atoms with E-state index in [0.717, 1.165) is 35.0 Å². The molecule has 2 heterocycles. The predicted molar refractivity (Wildman–Crippen MR) is 77.0 cm³/mol. The summed E-state index contributed by atoms with van der Waals surface area (Å²) in [6.07, 6.45) is 0. The smallest absolute Gasteiger partial charge is 0.142 e. The summed E-state index contributed by atoms with van der Waals surface area (Å²) >= 11 is 1.46. The van der Waals surface area contributed by atoms with Crippen LogP contribution in [-0.2, 0) is 6.54 Å². The monoisotopic (exact) mass is 262 g/mol. The highest BCUT2D eigenvalue weighted by Gasteiger charge is 2.14. The predicted octanol–water partition coefficient (Wildman–Crippen LogP) is 2.76.